The molecule has 27 heavy (non-hydrogen) atoms. The molecule has 1 saturated heterocycles. The second-order valence-electron chi connectivity index (χ2n) is 6.63. The fraction of sp³-hybridized carbons (Fsp3) is 0.421. The smallest absolute Gasteiger partial charge is 0.225 e. The van der Waals surface area contributed by atoms with Crippen molar-refractivity contribution in [3.8, 4) is 0 Å². The van der Waals surface area contributed by atoms with E-state index in [-0.39, 0.29) is 0 Å². The van der Waals surface area contributed by atoms with Gasteiger partial charge in [-0.15, -0.1) is 0 Å². The molecule has 3 aromatic rings. The van der Waals surface area contributed by atoms with Crippen LogP contribution in [0.1, 0.15) is 5.82 Å². The number of para-hydroxylation sites is 2. The molecule has 2 aromatic heterocycles. The Morgan fingerprint density at radius 3 is 2.56 bits per heavy atom. The summed E-state index contributed by atoms with van der Waals surface area (Å²) in [5.41, 5.74) is 2.20. The number of ether oxygens (including phenoxy) is 1. The van der Waals surface area contributed by atoms with Crippen molar-refractivity contribution in [2.45, 2.75) is 13.1 Å². The molecule has 8 heteroatoms. The molecule has 0 N–H and O–H groups in total. The van der Waals surface area contributed by atoms with Gasteiger partial charge in [0, 0.05) is 39.8 Å². The Labute approximate surface area is 163 Å². The van der Waals surface area contributed by atoms with Crippen LogP contribution < -0.4 is 4.90 Å². The van der Waals surface area contributed by atoms with Gasteiger partial charge in [0.2, 0.25) is 5.95 Å². The normalized spacial score (nSPS) is 15.6. The molecule has 0 amide bonds. The monoisotopic (exact) mass is 386 g/mol. The number of anilines is 1. The van der Waals surface area contributed by atoms with E-state index in [4.69, 9.17) is 21.3 Å². The molecule has 7 nitrogen and oxygen atoms in total. The van der Waals surface area contributed by atoms with Gasteiger partial charge in [-0.1, -0.05) is 23.7 Å². The molecular formula is C19H23ClN6O. The first kappa shape index (κ1) is 18.2. The van der Waals surface area contributed by atoms with Gasteiger partial charge in [-0.05, 0) is 12.1 Å². The van der Waals surface area contributed by atoms with E-state index < -0.39 is 0 Å². The molecule has 0 bridgehead atoms. The fourth-order valence-electron chi connectivity index (χ4n) is 3.45. The average Bonchev–Trinajstić information content (AvgIpc) is 3.04. The lowest BCUT2D eigenvalue weighted by Crippen LogP contribution is -2.46. The molecule has 4 rings (SSSR count). The van der Waals surface area contributed by atoms with E-state index >= 15 is 0 Å². The Kier molecular flexibility index (Phi) is 5.52. The third-order valence-corrected chi connectivity index (χ3v) is 5.07. The van der Waals surface area contributed by atoms with Gasteiger partial charge in [-0.25, -0.2) is 15.0 Å². The van der Waals surface area contributed by atoms with Crippen molar-refractivity contribution in [3.05, 3.63) is 47.5 Å². The van der Waals surface area contributed by atoms with E-state index in [0.29, 0.717) is 11.6 Å². The van der Waals surface area contributed by atoms with Crippen molar-refractivity contribution < 1.29 is 4.74 Å². The van der Waals surface area contributed by atoms with Crippen molar-refractivity contribution in [2.24, 2.45) is 0 Å². The second kappa shape index (κ2) is 8.21. The van der Waals surface area contributed by atoms with Crippen LogP contribution in [0.15, 0.2) is 36.7 Å². The average molecular weight is 387 g/mol. The van der Waals surface area contributed by atoms with E-state index in [1.807, 2.05) is 6.07 Å². The Morgan fingerprint density at radius 2 is 1.81 bits per heavy atom. The van der Waals surface area contributed by atoms with Crippen molar-refractivity contribution in [3.63, 3.8) is 0 Å². The van der Waals surface area contributed by atoms with Gasteiger partial charge in [0.05, 0.1) is 41.6 Å². The molecule has 1 aliphatic heterocycles. The van der Waals surface area contributed by atoms with Gasteiger partial charge in [0.25, 0.3) is 0 Å². The highest BCUT2D eigenvalue weighted by Crippen LogP contribution is 2.19. The number of fused-ring (bicyclic) bond motifs is 1. The van der Waals surface area contributed by atoms with Crippen LogP contribution in [0.2, 0.25) is 5.02 Å². The minimum Gasteiger partial charge on any atom is -0.383 e. The second-order valence-corrected chi connectivity index (χ2v) is 7.06. The standard InChI is InChI=1S/C19H23ClN6O/c1-27-11-10-26-17-5-3-2-4-16(17)23-18(26)14-24-6-8-25(9-7-24)19-21-12-15(20)13-22-19/h2-5,12-13H,6-11,14H2,1H3. The lowest BCUT2D eigenvalue weighted by molar-refractivity contribution is 0.184. The van der Waals surface area contributed by atoms with Gasteiger partial charge in [0.15, 0.2) is 0 Å². The molecule has 142 valence electrons. The van der Waals surface area contributed by atoms with Gasteiger partial charge >= 0.3 is 0 Å². The number of benzene rings is 1. The van der Waals surface area contributed by atoms with Crippen LogP contribution in [-0.2, 0) is 17.8 Å². The number of methoxy groups -OCH3 is 1. The summed E-state index contributed by atoms with van der Waals surface area (Å²) >= 11 is 5.88. The Hall–Kier alpha value is -2.22. The summed E-state index contributed by atoms with van der Waals surface area (Å²) < 4.78 is 7.56. The van der Waals surface area contributed by atoms with E-state index in [1.54, 1.807) is 19.5 Å². The summed E-state index contributed by atoms with van der Waals surface area (Å²) in [7, 11) is 1.73. The highest BCUT2D eigenvalue weighted by Gasteiger charge is 2.21. The summed E-state index contributed by atoms with van der Waals surface area (Å²) in [6, 6.07) is 8.28. The maximum atomic E-state index is 5.88. The SMILES string of the molecule is COCCn1c(CN2CCN(c3ncc(Cl)cn3)CC2)nc2ccccc21. The van der Waals surface area contributed by atoms with Crippen LogP contribution in [0.4, 0.5) is 5.95 Å². The van der Waals surface area contributed by atoms with E-state index in [1.165, 1.54) is 0 Å². The van der Waals surface area contributed by atoms with Crippen LogP contribution in [-0.4, -0.2) is 64.3 Å². The predicted octanol–water partition coefficient (Wildman–Crippen LogP) is 2.45. The van der Waals surface area contributed by atoms with Gasteiger partial charge in [-0.3, -0.25) is 4.90 Å². The van der Waals surface area contributed by atoms with E-state index in [9.17, 15) is 0 Å². The van der Waals surface area contributed by atoms with Crippen molar-refractivity contribution in [1.82, 2.24) is 24.4 Å². The number of hydrogen-bond donors (Lipinski definition) is 0. The minimum absolute atomic E-state index is 0.562. The molecule has 1 fully saturated rings. The molecule has 1 aromatic carbocycles. The topological polar surface area (TPSA) is 59.3 Å². The Balaban J connectivity index is 1.45. The minimum atomic E-state index is 0.562. The first-order valence-corrected chi connectivity index (χ1v) is 9.50. The number of imidazole rings is 1. The van der Waals surface area contributed by atoms with Crippen molar-refractivity contribution >= 4 is 28.6 Å². The largest absolute Gasteiger partial charge is 0.383 e. The summed E-state index contributed by atoms with van der Waals surface area (Å²) in [6.45, 7) is 5.98. The third-order valence-electron chi connectivity index (χ3n) is 4.88. The van der Waals surface area contributed by atoms with Crippen LogP contribution in [0, 0.1) is 0 Å². The first-order chi connectivity index (χ1) is 13.2. The number of aromatic nitrogens is 4. The van der Waals surface area contributed by atoms with Crippen molar-refractivity contribution in [2.75, 3.05) is 44.8 Å². The summed E-state index contributed by atoms with van der Waals surface area (Å²) in [5, 5.41) is 0.562. The molecule has 1 aliphatic rings. The Bertz CT molecular complexity index is 889. The summed E-state index contributed by atoms with van der Waals surface area (Å²) in [5.74, 6) is 1.83. The number of halogens is 1. The zero-order valence-electron chi connectivity index (χ0n) is 15.4. The van der Waals surface area contributed by atoms with E-state index in [2.05, 4.69) is 42.5 Å². The molecule has 0 spiro atoms. The number of rotatable bonds is 6. The van der Waals surface area contributed by atoms with Crippen LogP contribution in [0.25, 0.3) is 11.0 Å². The van der Waals surface area contributed by atoms with Gasteiger partial charge in [0.1, 0.15) is 5.82 Å². The third kappa shape index (κ3) is 4.05. The highest BCUT2D eigenvalue weighted by molar-refractivity contribution is 6.30. The number of hydrogen-bond acceptors (Lipinski definition) is 6. The predicted molar refractivity (Wildman–Crippen MR) is 106 cm³/mol. The lowest BCUT2D eigenvalue weighted by Gasteiger charge is -2.34. The van der Waals surface area contributed by atoms with Crippen LogP contribution in [0.3, 0.4) is 0 Å². The maximum Gasteiger partial charge on any atom is 0.225 e. The quantitative estimate of drug-likeness (QED) is 0.648. The highest BCUT2D eigenvalue weighted by atomic mass is 35.5. The molecule has 0 aliphatic carbocycles. The van der Waals surface area contributed by atoms with Gasteiger partial charge < -0.3 is 14.2 Å². The molecule has 0 saturated carbocycles. The molecule has 3 heterocycles. The molecular weight excluding hydrogens is 364 g/mol. The van der Waals surface area contributed by atoms with E-state index in [0.717, 1.165) is 62.1 Å². The molecule has 0 atom stereocenters. The summed E-state index contributed by atoms with van der Waals surface area (Å²) in [6.07, 6.45) is 3.29. The van der Waals surface area contributed by atoms with Crippen LogP contribution >= 0.6 is 11.6 Å². The van der Waals surface area contributed by atoms with Crippen molar-refractivity contribution in [1.29, 1.82) is 0 Å². The van der Waals surface area contributed by atoms with Crippen LogP contribution in [0.5, 0.6) is 0 Å². The first-order valence-electron chi connectivity index (χ1n) is 9.12. The maximum absolute atomic E-state index is 5.88. The fourth-order valence-corrected chi connectivity index (χ4v) is 3.55. The summed E-state index contributed by atoms with van der Waals surface area (Å²) in [4.78, 5) is 18.1. The zero-order chi connectivity index (χ0) is 18.6. The number of piperazine rings is 1. The number of nitrogens with zero attached hydrogens (tertiary/aromatic N) is 6. The Morgan fingerprint density at radius 1 is 1.07 bits per heavy atom. The zero-order valence-corrected chi connectivity index (χ0v) is 16.1. The molecule has 0 radical (unpaired) electrons. The lowest BCUT2D eigenvalue weighted by atomic mass is 10.3. The van der Waals surface area contributed by atoms with Gasteiger partial charge in [-0.2, -0.15) is 0 Å². The molecule has 0 unspecified atom stereocenters.